The van der Waals surface area contributed by atoms with Crippen molar-refractivity contribution < 1.29 is 4.79 Å². The fourth-order valence-electron chi connectivity index (χ4n) is 3.52. The molecule has 1 saturated carbocycles. The lowest BCUT2D eigenvalue weighted by molar-refractivity contribution is -0.135. The number of carbonyl (C=O) groups excluding carboxylic acids is 1. The molecular weight excluding hydrogens is 212 g/mol. The van der Waals surface area contributed by atoms with E-state index in [2.05, 4.69) is 10.2 Å². The highest BCUT2D eigenvalue weighted by atomic mass is 16.2. The monoisotopic (exact) mass is 238 g/mol. The second-order valence-corrected chi connectivity index (χ2v) is 5.83. The molecule has 3 nitrogen and oxygen atoms in total. The van der Waals surface area contributed by atoms with Crippen LogP contribution in [-0.4, -0.2) is 37.5 Å². The Balaban J connectivity index is 1.89. The van der Waals surface area contributed by atoms with Gasteiger partial charge >= 0.3 is 0 Å². The van der Waals surface area contributed by atoms with E-state index in [4.69, 9.17) is 0 Å². The summed E-state index contributed by atoms with van der Waals surface area (Å²) in [5, 5.41) is 3.06. The van der Waals surface area contributed by atoms with Crippen molar-refractivity contribution in [2.75, 3.05) is 26.7 Å². The Morgan fingerprint density at radius 2 is 1.88 bits per heavy atom. The Hall–Kier alpha value is -0.570. The zero-order valence-corrected chi connectivity index (χ0v) is 11.1. The molecule has 1 aliphatic carbocycles. The van der Waals surface area contributed by atoms with Gasteiger partial charge in [-0.05, 0) is 38.1 Å². The molecule has 17 heavy (non-hydrogen) atoms. The number of hydrogen-bond donors (Lipinski definition) is 1. The number of nitrogens with zero attached hydrogens (tertiary/aromatic N) is 1. The number of carbonyl (C=O) groups is 1. The van der Waals surface area contributed by atoms with Crippen LogP contribution in [0, 0.1) is 5.41 Å². The van der Waals surface area contributed by atoms with Gasteiger partial charge in [-0.2, -0.15) is 0 Å². The van der Waals surface area contributed by atoms with Crippen molar-refractivity contribution in [2.24, 2.45) is 5.41 Å². The van der Waals surface area contributed by atoms with Crippen LogP contribution < -0.4 is 5.32 Å². The van der Waals surface area contributed by atoms with E-state index >= 15 is 0 Å². The van der Waals surface area contributed by atoms with Gasteiger partial charge in [0.25, 0.3) is 0 Å². The van der Waals surface area contributed by atoms with Crippen LogP contribution in [0.25, 0.3) is 0 Å². The van der Waals surface area contributed by atoms with Gasteiger partial charge in [0.05, 0.1) is 0 Å². The maximum Gasteiger partial charge on any atom is 0.223 e. The Morgan fingerprint density at radius 3 is 2.59 bits per heavy atom. The van der Waals surface area contributed by atoms with Crippen molar-refractivity contribution in [1.29, 1.82) is 0 Å². The maximum atomic E-state index is 12.1. The maximum absolute atomic E-state index is 12.1. The van der Waals surface area contributed by atoms with Crippen LogP contribution in [0.4, 0.5) is 0 Å². The summed E-state index contributed by atoms with van der Waals surface area (Å²) in [7, 11) is 1.91. The lowest BCUT2D eigenvalue weighted by Gasteiger charge is -2.45. The molecular formula is C14H26N2O. The van der Waals surface area contributed by atoms with Crippen LogP contribution >= 0.6 is 0 Å². The molecule has 0 aromatic carbocycles. The quantitative estimate of drug-likeness (QED) is 0.817. The first-order valence-electron chi connectivity index (χ1n) is 7.18. The van der Waals surface area contributed by atoms with Crippen molar-refractivity contribution in [2.45, 2.75) is 51.4 Å². The second kappa shape index (κ2) is 5.85. The smallest absolute Gasteiger partial charge is 0.223 e. The number of piperidine rings is 1. The molecule has 2 fully saturated rings. The molecule has 1 aliphatic heterocycles. The minimum atomic E-state index is 0.351. The molecule has 0 aromatic rings. The van der Waals surface area contributed by atoms with E-state index in [1.165, 1.54) is 44.9 Å². The van der Waals surface area contributed by atoms with Crippen molar-refractivity contribution in [3.8, 4) is 0 Å². The van der Waals surface area contributed by atoms with Crippen LogP contribution in [0.15, 0.2) is 0 Å². The number of amides is 1. The van der Waals surface area contributed by atoms with Gasteiger partial charge in [0.1, 0.15) is 0 Å². The van der Waals surface area contributed by atoms with Gasteiger partial charge in [0.15, 0.2) is 0 Å². The summed E-state index contributed by atoms with van der Waals surface area (Å²) in [5.41, 5.74) is 0.492. The summed E-state index contributed by atoms with van der Waals surface area (Å²) in [5.74, 6) is 0.351. The van der Waals surface area contributed by atoms with Crippen LogP contribution in [0.1, 0.15) is 51.4 Å². The molecule has 1 spiro atoms. The number of rotatable bonds is 3. The van der Waals surface area contributed by atoms with Gasteiger partial charge in [-0.3, -0.25) is 4.79 Å². The predicted octanol–water partition coefficient (Wildman–Crippen LogP) is 2.17. The molecule has 0 atom stereocenters. The van der Waals surface area contributed by atoms with Crippen LogP contribution in [-0.2, 0) is 4.79 Å². The van der Waals surface area contributed by atoms with E-state index < -0.39 is 0 Å². The van der Waals surface area contributed by atoms with Crippen LogP contribution in [0.5, 0.6) is 0 Å². The molecule has 0 radical (unpaired) electrons. The van der Waals surface area contributed by atoms with Crippen molar-refractivity contribution in [3.63, 3.8) is 0 Å². The Kier molecular flexibility index (Phi) is 4.43. The van der Waals surface area contributed by atoms with E-state index in [-0.39, 0.29) is 0 Å². The van der Waals surface area contributed by atoms with Gasteiger partial charge in [-0.25, -0.2) is 0 Å². The molecule has 0 aromatic heterocycles. The minimum absolute atomic E-state index is 0.351. The van der Waals surface area contributed by atoms with Gasteiger partial charge < -0.3 is 10.2 Å². The van der Waals surface area contributed by atoms with Crippen LogP contribution in [0.2, 0.25) is 0 Å². The number of hydrogen-bond acceptors (Lipinski definition) is 2. The first kappa shape index (κ1) is 12.9. The van der Waals surface area contributed by atoms with Gasteiger partial charge in [0.2, 0.25) is 5.91 Å². The van der Waals surface area contributed by atoms with Crippen molar-refractivity contribution in [3.05, 3.63) is 0 Å². The zero-order chi connectivity index (χ0) is 12.1. The highest BCUT2D eigenvalue weighted by Crippen LogP contribution is 2.43. The molecule has 2 rings (SSSR count). The lowest BCUT2D eigenvalue weighted by Crippen LogP contribution is -2.47. The molecule has 0 unspecified atom stereocenters. The molecule has 1 amide bonds. The normalized spacial score (nSPS) is 23.9. The summed E-state index contributed by atoms with van der Waals surface area (Å²) in [6.45, 7) is 2.84. The van der Waals surface area contributed by atoms with E-state index in [0.29, 0.717) is 17.7 Å². The molecule has 2 aliphatic rings. The first-order valence-corrected chi connectivity index (χ1v) is 7.18. The molecule has 0 bridgehead atoms. The zero-order valence-electron chi connectivity index (χ0n) is 11.1. The van der Waals surface area contributed by atoms with Crippen LogP contribution in [0.3, 0.4) is 0 Å². The summed E-state index contributed by atoms with van der Waals surface area (Å²) >= 11 is 0. The standard InChI is InChI=1S/C14H26N2O/c1-15-10-6-13(17)16-11-5-9-14(12-16)7-3-2-4-8-14/h15H,2-12H2,1H3. The van der Waals surface area contributed by atoms with E-state index in [1.807, 2.05) is 7.05 Å². The van der Waals surface area contributed by atoms with Gasteiger partial charge in [-0.15, -0.1) is 0 Å². The number of nitrogens with one attached hydrogen (secondary N) is 1. The third-order valence-corrected chi connectivity index (χ3v) is 4.52. The summed E-state index contributed by atoms with van der Waals surface area (Å²) < 4.78 is 0. The largest absolute Gasteiger partial charge is 0.342 e. The lowest BCUT2D eigenvalue weighted by atomic mass is 9.69. The SMILES string of the molecule is CNCCC(=O)N1CCCC2(CCCCC2)C1. The highest BCUT2D eigenvalue weighted by molar-refractivity contribution is 5.76. The fraction of sp³-hybridized carbons (Fsp3) is 0.929. The average molecular weight is 238 g/mol. The molecule has 1 N–H and O–H groups in total. The minimum Gasteiger partial charge on any atom is -0.342 e. The van der Waals surface area contributed by atoms with E-state index in [0.717, 1.165) is 19.6 Å². The summed E-state index contributed by atoms with van der Waals surface area (Å²) in [4.78, 5) is 14.2. The third-order valence-electron chi connectivity index (χ3n) is 4.52. The van der Waals surface area contributed by atoms with Gasteiger partial charge in [-0.1, -0.05) is 19.3 Å². The fourth-order valence-corrected chi connectivity index (χ4v) is 3.52. The Bertz CT molecular complexity index is 253. The van der Waals surface area contributed by atoms with Crippen molar-refractivity contribution >= 4 is 5.91 Å². The molecule has 1 saturated heterocycles. The van der Waals surface area contributed by atoms with E-state index in [9.17, 15) is 4.79 Å². The topological polar surface area (TPSA) is 32.3 Å². The van der Waals surface area contributed by atoms with Gasteiger partial charge in [0, 0.05) is 26.1 Å². The summed E-state index contributed by atoms with van der Waals surface area (Å²) in [6.07, 6.45) is 10.1. The van der Waals surface area contributed by atoms with Crippen molar-refractivity contribution in [1.82, 2.24) is 10.2 Å². The molecule has 1 heterocycles. The summed E-state index contributed by atoms with van der Waals surface area (Å²) in [6, 6.07) is 0. The molecule has 98 valence electrons. The highest BCUT2D eigenvalue weighted by Gasteiger charge is 2.37. The third kappa shape index (κ3) is 3.21. The average Bonchev–Trinajstić information content (AvgIpc) is 2.37. The Labute approximate surface area is 105 Å². The molecule has 3 heteroatoms. The van der Waals surface area contributed by atoms with E-state index in [1.54, 1.807) is 0 Å². The first-order chi connectivity index (χ1) is 8.26. The Morgan fingerprint density at radius 1 is 1.18 bits per heavy atom. The predicted molar refractivity (Wildman–Crippen MR) is 69.9 cm³/mol. The number of likely N-dealkylation sites (tertiary alicyclic amines) is 1. The second-order valence-electron chi connectivity index (χ2n) is 5.83.